The zero-order valence-electron chi connectivity index (χ0n) is 17.5. The van der Waals surface area contributed by atoms with E-state index in [1.54, 1.807) is 49.9 Å². The molecule has 156 valence electrons. The van der Waals surface area contributed by atoms with Crippen molar-refractivity contribution in [3.05, 3.63) is 35.9 Å². The number of hydrogen-bond acceptors (Lipinski definition) is 5. The first-order valence-corrected chi connectivity index (χ1v) is 9.68. The van der Waals surface area contributed by atoms with E-state index < -0.39 is 23.8 Å². The number of alkyl carbamates (subject to hydrolysis) is 1. The average Bonchev–Trinajstić information content (AvgIpc) is 2.63. The highest BCUT2D eigenvalue weighted by Gasteiger charge is 2.28. The molecule has 0 saturated carbocycles. The molecule has 0 aliphatic carbocycles. The molecule has 0 saturated heterocycles. The lowest BCUT2D eigenvalue weighted by Crippen LogP contribution is -2.37. The Bertz CT molecular complexity index is 636. The van der Waals surface area contributed by atoms with Crippen molar-refractivity contribution in [3.63, 3.8) is 0 Å². The molecule has 1 N–H and O–H groups in total. The summed E-state index contributed by atoms with van der Waals surface area (Å²) in [4.78, 5) is 38.3. The van der Waals surface area contributed by atoms with Gasteiger partial charge in [-0.05, 0) is 41.0 Å². The van der Waals surface area contributed by atoms with Crippen molar-refractivity contribution in [2.24, 2.45) is 0 Å². The van der Waals surface area contributed by atoms with Gasteiger partial charge in [-0.3, -0.25) is 9.59 Å². The van der Waals surface area contributed by atoms with Crippen LogP contribution < -0.4 is 5.32 Å². The highest BCUT2D eigenvalue weighted by Crippen LogP contribution is 2.21. The Morgan fingerprint density at radius 1 is 1.07 bits per heavy atom. The number of esters is 1. The molecule has 7 nitrogen and oxygen atoms in total. The van der Waals surface area contributed by atoms with Crippen molar-refractivity contribution < 1.29 is 23.9 Å². The molecule has 0 aromatic heterocycles. The van der Waals surface area contributed by atoms with Crippen molar-refractivity contribution in [2.45, 2.75) is 59.2 Å². The number of benzene rings is 1. The topological polar surface area (TPSA) is 84.9 Å². The summed E-state index contributed by atoms with van der Waals surface area (Å²) in [5.41, 5.74) is 0.0658. The molecule has 2 amide bonds. The van der Waals surface area contributed by atoms with E-state index in [0.717, 1.165) is 0 Å². The van der Waals surface area contributed by atoms with Crippen LogP contribution in [-0.4, -0.2) is 48.1 Å². The quantitative estimate of drug-likeness (QED) is 0.514. The molecule has 1 aromatic carbocycles. The molecule has 28 heavy (non-hydrogen) atoms. The minimum atomic E-state index is -0.965. The van der Waals surface area contributed by atoms with E-state index in [1.807, 2.05) is 19.9 Å². The van der Waals surface area contributed by atoms with Crippen LogP contribution in [-0.2, 0) is 19.1 Å². The van der Waals surface area contributed by atoms with Crippen LogP contribution in [0.2, 0.25) is 0 Å². The second-order valence-electron chi connectivity index (χ2n) is 7.32. The van der Waals surface area contributed by atoms with Crippen molar-refractivity contribution in [1.82, 2.24) is 10.2 Å². The van der Waals surface area contributed by atoms with Gasteiger partial charge in [-0.25, -0.2) is 4.79 Å². The van der Waals surface area contributed by atoms with Crippen LogP contribution in [0, 0.1) is 0 Å². The number of amides is 2. The number of carbonyl (C=O) groups is 3. The van der Waals surface area contributed by atoms with Gasteiger partial charge in [-0.2, -0.15) is 0 Å². The summed E-state index contributed by atoms with van der Waals surface area (Å²) in [6.07, 6.45) is -1.02. The second kappa shape index (κ2) is 11.3. The molecule has 7 heteroatoms. The molecule has 0 heterocycles. The van der Waals surface area contributed by atoms with Crippen molar-refractivity contribution in [3.8, 4) is 0 Å². The van der Waals surface area contributed by atoms with Gasteiger partial charge in [0.1, 0.15) is 5.60 Å². The lowest BCUT2D eigenvalue weighted by Gasteiger charge is -2.25. The lowest BCUT2D eigenvalue weighted by molar-refractivity contribution is -0.160. The molecular formula is C21H32N2O5. The van der Waals surface area contributed by atoms with E-state index in [0.29, 0.717) is 25.1 Å². The third-order valence-corrected chi connectivity index (χ3v) is 3.88. The van der Waals surface area contributed by atoms with Crippen molar-refractivity contribution in [2.75, 3.05) is 19.6 Å². The maximum absolute atomic E-state index is 12.8. The second-order valence-corrected chi connectivity index (χ2v) is 7.32. The highest BCUT2D eigenvalue weighted by atomic mass is 16.6. The molecule has 1 rings (SSSR count). The predicted molar refractivity (Wildman–Crippen MR) is 107 cm³/mol. The van der Waals surface area contributed by atoms with Gasteiger partial charge in [0.25, 0.3) is 5.91 Å². The minimum absolute atomic E-state index is 0.0880. The van der Waals surface area contributed by atoms with Crippen molar-refractivity contribution in [1.29, 1.82) is 0 Å². The van der Waals surface area contributed by atoms with Crippen LogP contribution in [0.25, 0.3) is 0 Å². The summed E-state index contributed by atoms with van der Waals surface area (Å²) in [6.45, 7) is 10.5. The van der Waals surface area contributed by atoms with Gasteiger partial charge >= 0.3 is 12.1 Å². The molecule has 1 atom stereocenters. The van der Waals surface area contributed by atoms with E-state index in [4.69, 9.17) is 9.47 Å². The molecule has 0 radical (unpaired) electrons. The minimum Gasteiger partial charge on any atom is -0.447 e. The summed E-state index contributed by atoms with van der Waals surface area (Å²) in [5.74, 6) is -0.725. The van der Waals surface area contributed by atoms with Crippen LogP contribution in [0.1, 0.15) is 59.1 Å². The fourth-order valence-corrected chi connectivity index (χ4v) is 2.52. The predicted octanol–water partition coefficient (Wildman–Crippen LogP) is 3.44. The Balaban J connectivity index is 2.60. The van der Waals surface area contributed by atoms with E-state index in [2.05, 4.69) is 5.32 Å². The Hall–Kier alpha value is -2.57. The molecule has 0 bridgehead atoms. The lowest BCUT2D eigenvalue weighted by atomic mass is 10.1. The van der Waals surface area contributed by atoms with Gasteiger partial charge in [-0.15, -0.1) is 0 Å². The largest absolute Gasteiger partial charge is 0.447 e. The number of hydrogen-bond donors (Lipinski definition) is 1. The zero-order chi connectivity index (χ0) is 21.2. The average molecular weight is 392 g/mol. The van der Waals surface area contributed by atoms with Gasteiger partial charge in [-0.1, -0.05) is 30.3 Å². The Morgan fingerprint density at radius 3 is 2.21 bits per heavy atom. The van der Waals surface area contributed by atoms with Crippen LogP contribution in [0.4, 0.5) is 4.79 Å². The SMILES string of the molecule is CCN(CC)C(=O)[C@@H](OC(=O)CCCNC(=O)OC(C)(C)C)c1ccccc1. The summed E-state index contributed by atoms with van der Waals surface area (Å²) in [5, 5.41) is 2.59. The summed E-state index contributed by atoms with van der Waals surface area (Å²) in [6, 6.07) is 8.98. The first-order chi connectivity index (χ1) is 13.2. The smallest absolute Gasteiger partial charge is 0.407 e. The van der Waals surface area contributed by atoms with E-state index in [9.17, 15) is 14.4 Å². The fraction of sp³-hybridized carbons (Fsp3) is 0.571. The number of likely N-dealkylation sites (N-methyl/N-ethyl adjacent to an activating group) is 1. The Morgan fingerprint density at radius 2 is 1.68 bits per heavy atom. The molecule has 0 aliphatic heterocycles. The van der Waals surface area contributed by atoms with E-state index in [1.165, 1.54) is 0 Å². The Kier molecular flexibility index (Phi) is 9.48. The third kappa shape index (κ3) is 8.41. The van der Waals surface area contributed by atoms with Crippen LogP contribution in [0.5, 0.6) is 0 Å². The maximum atomic E-state index is 12.8. The number of carbonyl (C=O) groups excluding carboxylic acids is 3. The fourth-order valence-electron chi connectivity index (χ4n) is 2.52. The number of ether oxygens (including phenoxy) is 2. The van der Waals surface area contributed by atoms with Gasteiger partial charge in [0.05, 0.1) is 0 Å². The first-order valence-electron chi connectivity index (χ1n) is 9.68. The molecule has 1 aromatic rings. The van der Waals surface area contributed by atoms with E-state index in [-0.39, 0.29) is 18.9 Å². The first kappa shape index (κ1) is 23.5. The van der Waals surface area contributed by atoms with Gasteiger partial charge in [0.2, 0.25) is 6.10 Å². The molecule has 0 unspecified atom stereocenters. The van der Waals surface area contributed by atoms with Crippen LogP contribution in [0.3, 0.4) is 0 Å². The summed E-state index contributed by atoms with van der Waals surface area (Å²) >= 11 is 0. The number of nitrogens with zero attached hydrogens (tertiary/aromatic N) is 1. The Labute approximate surface area is 167 Å². The highest BCUT2D eigenvalue weighted by molar-refractivity contribution is 5.85. The maximum Gasteiger partial charge on any atom is 0.407 e. The van der Waals surface area contributed by atoms with Gasteiger partial charge in [0, 0.05) is 31.6 Å². The summed E-state index contributed by atoms with van der Waals surface area (Å²) in [7, 11) is 0. The van der Waals surface area contributed by atoms with Gasteiger partial charge < -0.3 is 19.7 Å². The monoisotopic (exact) mass is 392 g/mol. The number of nitrogens with one attached hydrogen (secondary N) is 1. The molecule has 0 fully saturated rings. The van der Waals surface area contributed by atoms with Crippen molar-refractivity contribution >= 4 is 18.0 Å². The van der Waals surface area contributed by atoms with Crippen LogP contribution >= 0.6 is 0 Å². The number of rotatable bonds is 9. The normalized spacial score (nSPS) is 12.0. The molecule has 0 aliphatic rings. The van der Waals surface area contributed by atoms with Crippen LogP contribution in [0.15, 0.2) is 30.3 Å². The molecular weight excluding hydrogens is 360 g/mol. The third-order valence-electron chi connectivity index (χ3n) is 3.88. The standard InChI is InChI=1S/C21H32N2O5/c1-6-23(7-2)19(25)18(16-12-9-8-10-13-16)27-17(24)14-11-15-22-20(26)28-21(3,4)5/h8-10,12-13,18H,6-7,11,14-15H2,1-5H3,(H,22,26)/t18-/m0/s1. The van der Waals surface area contributed by atoms with E-state index >= 15 is 0 Å². The zero-order valence-corrected chi connectivity index (χ0v) is 17.5. The molecule has 0 spiro atoms. The van der Waals surface area contributed by atoms with Gasteiger partial charge in [0.15, 0.2) is 0 Å². The summed E-state index contributed by atoms with van der Waals surface area (Å²) < 4.78 is 10.6.